The molecule has 2 unspecified atom stereocenters. The van der Waals surface area contributed by atoms with Gasteiger partial charge in [0.2, 0.25) is 5.82 Å². The second-order valence-electron chi connectivity index (χ2n) is 9.18. The Hall–Kier alpha value is -3.10. The van der Waals surface area contributed by atoms with Gasteiger partial charge in [-0.3, -0.25) is 0 Å². The lowest BCUT2D eigenvalue weighted by molar-refractivity contribution is 0.186. The third-order valence-electron chi connectivity index (χ3n) is 6.12. The number of rotatable bonds is 10. The highest BCUT2D eigenvalue weighted by molar-refractivity contribution is 5.75. The zero-order chi connectivity index (χ0) is 24.3. The summed E-state index contributed by atoms with van der Waals surface area (Å²) in [6, 6.07) is 12.0. The molecular weight excluding hydrogens is 432 g/mol. The lowest BCUT2D eigenvalue weighted by Gasteiger charge is -2.27. The lowest BCUT2D eigenvalue weighted by Crippen LogP contribution is -2.45. The summed E-state index contributed by atoms with van der Waals surface area (Å²) in [7, 11) is 0. The minimum absolute atomic E-state index is 0.0655. The second kappa shape index (κ2) is 10.0. The topological polar surface area (TPSA) is 102 Å². The lowest BCUT2D eigenvalue weighted by atomic mass is 9.90. The maximum absolute atomic E-state index is 9.65. The van der Waals surface area contributed by atoms with Crippen molar-refractivity contribution in [2.45, 2.75) is 52.1 Å². The normalized spacial score (nSPS) is 17.4. The molecule has 2 heterocycles. The van der Waals surface area contributed by atoms with Gasteiger partial charge in [0.15, 0.2) is 11.5 Å². The Balaban J connectivity index is 1.65. The van der Waals surface area contributed by atoms with Gasteiger partial charge in [0.1, 0.15) is 0 Å². The molecule has 8 heteroatoms. The number of aliphatic hydroxyl groups is 1. The first-order chi connectivity index (χ1) is 16.4. The Morgan fingerprint density at radius 1 is 1.12 bits per heavy atom. The number of hydrogen-bond acceptors (Lipinski definition) is 8. The molecule has 182 valence electrons. The predicted octanol–water partition coefficient (Wildman–Crippen LogP) is 4.46. The maximum Gasteiger partial charge on any atom is 0.258 e. The number of nitrogens with one attached hydrogen (secondary N) is 2. The van der Waals surface area contributed by atoms with Crippen molar-refractivity contribution in [2.24, 2.45) is 0 Å². The van der Waals surface area contributed by atoms with Crippen molar-refractivity contribution >= 4 is 5.69 Å². The summed E-state index contributed by atoms with van der Waals surface area (Å²) >= 11 is 0. The van der Waals surface area contributed by atoms with E-state index in [4.69, 9.17) is 19.0 Å². The number of benzene rings is 2. The third-order valence-corrected chi connectivity index (χ3v) is 6.12. The van der Waals surface area contributed by atoms with Crippen LogP contribution in [0, 0.1) is 0 Å². The number of aliphatic hydroxyl groups excluding tert-OH is 1. The molecule has 0 amide bonds. The fraction of sp³-hybridized carbons (Fsp3) is 0.462. The summed E-state index contributed by atoms with van der Waals surface area (Å²) < 4.78 is 17.1. The highest BCUT2D eigenvalue weighted by atomic mass is 16.5. The molecule has 34 heavy (non-hydrogen) atoms. The van der Waals surface area contributed by atoms with E-state index < -0.39 is 0 Å². The Kier molecular flexibility index (Phi) is 7.09. The number of hydrogen-bond donors (Lipinski definition) is 3. The van der Waals surface area contributed by atoms with Crippen molar-refractivity contribution in [3.63, 3.8) is 0 Å². The summed E-state index contributed by atoms with van der Waals surface area (Å²) in [6.07, 6.45) is 0. The van der Waals surface area contributed by atoms with Crippen LogP contribution in [0.5, 0.6) is 11.5 Å². The molecule has 1 aliphatic heterocycles. The molecule has 0 spiro atoms. The van der Waals surface area contributed by atoms with Crippen LogP contribution in [0.15, 0.2) is 40.9 Å². The minimum atomic E-state index is -0.358. The summed E-state index contributed by atoms with van der Waals surface area (Å²) in [6.45, 7) is 11.9. The fourth-order valence-electron chi connectivity index (χ4n) is 4.24. The van der Waals surface area contributed by atoms with Gasteiger partial charge >= 0.3 is 0 Å². The predicted molar refractivity (Wildman–Crippen MR) is 133 cm³/mol. The van der Waals surface area contributed by atoms with Crippen LogP contribution in [0.4, 0.5) is 5.69 Å². The van der Waals surface area contributed by atoms with E-state index in [1.807, 2.05) is 58.0 Å². The van der Waals surface area contributed by atoms with Crippen molar-refractivity contribution < 1.29 is 19.1 Å². The zero-order valence-electron chi connectivity index (χ0n) is 20.5. The summed E-state index contributed by atoms with van der Waals surface area (Å²) in [4.78, 5) is 4.73. The molecule has 1 aromatic heterocycles. The van der Waals surface area contributed by atoms with Crippen LogP contribution < -0.4 is 20.1 Å². The quantitative estimate of drug-likeness (QED) is 0.403. The van der Waals surface area contributed by atoms with E-state index in [0.29, 0.717) is 43.0 Å². The first-order valence-electron chi connectivity index (χ1n) is 11.9. The van der Waals surface area contributed by atoms with E-state index in [-0.39, 0.29) is 24.1 Å². The van der Waals surface area contributed by atoms with E-state index in [2.05, 4.69) is 28.8 Å². The molecule has 0 saturated carbocycles. The number of anilines is 1. The van der Waals surface area contributed by atoms with Crippen molar-refractivity contribution in [1.82, 2.24) is 15.5 Å². The van der Waals surface area contributed by atoms with Gasteiger partial charge in [0.05, 0.1) is 19.8 Å². The van der Waals surface area contributed by atoms with Crippen molar-refractivity contribution in [3.8, 4) is 34.3 Å². The maximum atomic E-state index is 9.65. The van der Waals surface area contributed by atoms with Crippen LogP contribution in [0.1, 0.15) is 46.1 Å². The average Bonchev–Trinajstić information content (AvgIpc) is 3.43. The van der Waals surface area contributed by atoms with E-state index in [0.717, 1.165) is 22.4 Å². The van der Waals surface area contributed by atoms with E-state index >= 15 is 0 Å². The summed E-state index contributed by atoms with van der Waals surface area (Å²) in [5.74, 6) is 2.49. The van der Waals surface area contributed by atoms with Crippen LogP contribution in [-0.4, -0.2) is 53.2 Å². The first-order valence-corrected chi connectivity index (χ1v) is 11.9. The molecular formula is C26H34N4O4. The molecule has 8 nitrogen and oxygen atoms in total. The van der Waals surface area contributed by atoms with Gasteiger partial charge in [0.25, 0.3) is 5.89 Å². The minimum Gasteiger partial charge on any atom is -0.490 e. The zero-order valence-corrected chi connectivity index (χ0v) is 20.5. The average molecular weight is 467 g/mol. The Bertz CT molecular complexity index is 1130. The van der Waals surface area contributed by atoms with E-state index in [1.54, 1.807) is 0 Å². The Morgan fingerprint density at radius 3 is 2.62 bits per heavy atom. The summed E-state index contributed by atoms with van der Waals surface area (Å²) in [5, 5.41) is 21.0. The number of fused-ring (bicyclic) bond motifs is 1. The monoisotopic (exact) mass is 466 g/mol. The molecule has 4 rings (SSSR count). The van der Waals surface area contributed by atoms with Crippen LogP contribution in [0.25, 0.3) is 22.8 Å². The first kappa shape index (κ1) is 24.0. The molecule has 3 N–H and O–H groups in total. The van der Waals surface area contributed by atoms with Crippen LogP contribution >= 0.6 is 0 Å². The molecule has 1 aliphatic rings. The van der Waals surface area contributed by atoms with Gasteiger partial charge in [-0.05, 0) is 64.4 Å². The Morgan fingerprint density at radius 2 is 1.88 bits per heavy atom. The molecule has 0 radical (unpaired) electrons. The van der Waals surface area contributed by atoms with Gasteiger partial charge in [-0.1, -0.05) is 17.3 Å². The van der Waals surface area contributed by atoms with Gasteiger partial charge < -0.3 is 29.7 Å². The highest BCUT2D eigenvalue weighted by Crippen LogP contribution is 2.42. The van der Waals surface area contributed by atoms with Gasteiger partial charge in [0, 0.05) is 40.9 Å². The van der Waals surface area contributed by atoms with Crippen LogP contribution in [0.3, 0.4) is 0 Å². The van der Waals surface area contributed by atoms with Crippen LogP contribution in [0.2, 0.25) is 0 Å². The van der Waals surface area contributed by atoms with Crippen molar-refractivity contribution in [3.05, 3.63) is 42.0 Å². The molecule has 2 atom stereocenters. The molecule has 0 fully saturated rings. The number of ether oxygens (including phenoxy) is 2. The third kappa shape index (κ3) is 4.88. The van der Waals surface area contributed by atoms with Crippen molar-refractivity contribution in [2.75, 3.05) is 31.7 Å². The van der Waals surface area contributed by atoms with E-state index in [1.165, 1.54) is 0 Å². The molecule has 0 bridgehead atoms. The second-order valence-corrected chi connectivity index (χ2v) is 9.18. The molecule has 0 aliphatic carbocycles. The Labute approximate surface area is 200 Å². The number of nitrogens with zero attached hydrogens (tertiary/aromatic N) is 2. The van der Waals surface area contributed by atoms with Gasteiger partial charge in [-0.2, -0.15) is 4.98 Å². The largest absolute Gasteiger partial charge is 0.490 e. The molecule has 3 aromatic rings. The van der Waals surface area contributed by atoms with Gasteiger partial charge in [-0.25, -0.2) is 0 Å². The molecule has 0 saturated heterocycles. The summed E-state index contributed by atoms with van der Waals surface area (Å²) in [5.41, 5.74) is 3.58. The fourth-order valence-corrected chi connectivity index (χ4v) is 4.24. The van der Waals surface area contributed by atoms with Crippen LogP contribution in [-0.2, 0) is 0 Å². The smallest absolute Gasteiger partial charge is 0.258 e. The van der Waals surface area contributed by atoms with Gasteiger partial charge in [-0.15, -0.1) is 0 Å². The van der Waals surface area contributed by atoms with E-state index in [9.17, 15) is 5.11 Å². The SMILES string of the molecule is CCOc1ccc(-c2nc(-c3cccc4c3C(CNC(C)(C)CO)C(C)N4)no2)cc1OCC. The number of aromatic nitrogens is 2. The van der Waals surface area contributed by atoms with Crippen molar-refractivity contribution in [1.29, 1.82) is 0 Å². The highest BCUT2D eigenvalue weighted by Gasteiger charge is 2.33. The standard InChI is InChI=1S/C26H34N4O4/c1-6-32-21-12-11-17(13-22(21)33-7-2)25-29-24(30-34-25)18-9-8-10-20-23(18)19(16(3)28-20)14-27-26(4,5)15-31/h8-13,16,19,27-28,31H,6-7,14-15H2,1-5H3. The molecule has 2 aromatic carbocycles.